The van der Waals surface area contributed by atoms with E-state index in [1.807, 2.05) is 30.3 Å². The van der Waals surface area contributed by atoms with Gasteiger partial charge in [-0.05, 0) is 18.5 Å². The number of nitrogens with one attached hydrogen (secondary N) is 1. The van der Waals surface area contributed by atoms with Gasteiger partial charge in [0.25, 0.3) is 0 Å². The number of hydrogen-bond acceptors (Lipinski definition) is 3. The van der Waals surface area contributed by atoms with Gasteiger partial charge in [0.1, 0.15) is 0 Å². The highest BCUT2D eigenvalue weighted by Crippen LogP contribution is 2.11. The fraction of sp³-hybridized carbons (Fsp3) is 0.500. The monoisotopic (exact) mass is 207 g/mol. The third-order valence-corrected chi connectivity index (χ3v) is 2.70. The smallest absolute Gasteiger partial charge is 0.0926 e. The van der Waals surface area contributed by atoms with E-state index in [4.69, 9.17) is 4.74 Å². The van der Waals surface area contributed by atoms with Gasteiger partial charge in [-0.25, -0.2) is 0 Å². The molecule has 0 unspecified atom stereocenters. The molecule has 0 bridgehead atoms. The minimum Gasteiger partial charge on any atom is -0.389 e. The van der Waals surface area contributed by atoms with Crippen molar-refractivity contribution in [2.45, 2.75) is 25.2 Å². The number of rotatable bonds is 3. The van der Waals surface area contributed by atoms with Gasteiger partial charge in [-0.15, -0.1) is 0 Å². The number of benzene rings is 1. The molecule has 1 aromatic rings. The second kappa shape index (κ2) is 5.26. The van der Waals surface area contributed by atoms with Crippen molar-refractivity contribution in [2.24, 2.45) is 0 Å². The highest BCUT2D eigenvalue weighted by Gasteiger charge is 2.22. The van der Waals surface area contributed by atoms with E-state index >= 15 is 0 Å². The van der Waals surface area contributed by atoms with E-state index in [9.17, 15) is 5.11 Å². The molecule has 1 aromatic carbocycles. The van der Waals surface area contributed by atoms with E-state index in [-0.39, 0.29) is 12.2 Å². The van der Waals surface area contributed by atoms with Crippen molar-refractivity contribution >= 4 is 0 Å². The molecule has 2 rings (SSSR count). The number of β-amino-alcohol motifs (C(OH)–C–C–N with tert-alkyl or cyclic N) is 1. The summed E-state index contributed by atoms with van der Waals surface area (Å²) in [6.45, 7) is 2.15. The lowest BCUT2D eigenvalue weighted by Crippen LogP contribution is -2.45. The largest absolute Gasteiger partial charge is 0.389 e. The van der Waals surface area contributed by atoms with E-state index in [2.05, 4.69) is 5.32 Å². The van der Waals surface area contributed by atoms with Gasteiger partial charge in [0.2, 0.25) is 0 Å². The Bertz CT molecular complexity index is 289. The van der Waals surface area contributed by atoms with Gasteiger partial charge in [-0.1, -0.05) is 30.3 Å². The van der Waals surface area contributed by atoms with Gasteiger partial charge < -0.3 is 15.2 Å². The standard InChI is InChI=1S/C12H17NO2/c14-11-8-13-7-6-12(11)15-9-10-4-2-1-3-5-10/h1-5,11-14H,6-9H2/t11-,12+/m0/s1. The van der Waals surface area contributed by atoms with Gasteiger partial charge in [0, 0.05) is 6.54 Å². The zero-order valence-corrected chi connectivity index (χ0v) is 8.73. The molecule has 1 saturated heterocycles. The predicted molar refractivity (Wildman–Crippen MR) is 58.5 cm³/mol. The van der Waals surface area contributed by atoms with E-state index in [1.165, 1.54) is 0 Å². The van der Waals surface area contributed by atoms with Gasteiger partial charge in [0.05, 0.1) is 18.8 Å². The summed E-state index contributed by atoms with van der Waals surface area (Å²) in [5, 5.41) is 12.8. The predicted octanol–water partition coefficient (Wildman–Crippen LogP) is 0.926. The molecular weight excluding hydrogens is 190 g/mol. The van der Waals surface area contributed by atoms with Crippen LogP contribution in [0.3, 0.4) is 0 Å². The molecule has 0 spiro atoms. The number of piperidine rings is 1. The second-order valence-corrected chi connectivity index (χ2v) is 3.90. The Morgan fingerprint density at radius 1 is 1.33 bits per heavy atom. The van der Waals surface area contributed by atoms with Crippen LogP contribution in [0.1, 0.15) is 12.0 Å². The van der Waals surface area contributed by atoms with E-state index in [1.54, 1.807) is 0 Å². The molecule has 0 aromatic heterocycles. The Morgan fingerprint density at radius 2 is 2.13 bits per heavy atom. The summed E-state index contributed by atoms with van der Waals surface area (Å²) in [5.74, 6) is 0. The summed E-state index contributed by atoms with van der Waals surface area (Å²) in [6, 6.07) is 10.1. The summed E-state index contributed by atoms with van der Waals surface area (Å²) in [7, 11) is 0. The molecule has 2 N–H and O–H groups in total. The first-order valence-electron chi connectivity index (χ1n) is 5.40. The van der Waals surface area contributed by atoms with Crippen molar-refractivity contribution in [1.29, 1.82) is 0 Å². The number of ether oxygens (including phenoxy) is 1. The van der Waals surface area contributed by atoms with Crippen molar-refractivity contribution in [3.05, 3.63) is 35.9 Å². The summed E-state index contributed by atoms with van der Waals surface area (Å²) >= 11 is 0. The van der Waals surface area contributed by atoms with Crippen LogP contribution in [-0.2, 0) is 11.3 Å². The normalized spacial score (nSPS) is 26.5. The van der Waals surface area contributed by atoms with Crippen molar-refractivity contribution in [1.82, 2.24) is 5.32 Å². The summed E-state index contributed by atoms with van der Waals surface area (Å²) in [5.41, 5.74) is 1.16. The van der Waals surface area contributed by atoms with E-state index in [0.717, 1.165) is 18.5 Å². The molecule has 0 aliphatic carbocycles. The maximum absolute atomic E-state index is 9.66. The van der Waals surface area contributed by atoms with Gasteiger partial charge >= 0.3 is 0 Å². The maximum Gasteiger partial charge on any atom is 0.0926 e. The first-order valence-corrected chi connectivity index (χ1v) is 5.40. The average Bonchev–Trinajstić information content (AvgIpc) is 2.29. The summed E-state index contributed by atoms with van der Waals surface area (Å²) in [6.07, 6.45) is 0.488. The Balaban J connectivity index is 1.82. The first kappa shape index (κ1) is 10.6. The first-order chi connectivity index (χ1) is 7.36. The molecule has 15 heavy (non-hydrogen) atoms. The Hall–Kier alpha value is -0.900. The highest BCUT2D eigenvalue weighted by molar-refractivity contribution is 5.13. The van der Waals surface area contributed by atoms with Crippen molar-refractivity contribution in [3.8, 4) is 0 Å². The molecule has 82 valence electrons. The lowest BCUT2D eigenvalue weighted by Gasteiger charge is -2.28. The summed E-state index contributed by atoms with van der Waals surface area (Å²) in [4.78, 5) is 0. The van der Waals surface area contributed by atoms with Crippen LogP contribution in [0, 0.1) is 0 Å². The van der Waals surface area contributed by atoms with Crippen LogP contribution in [0.15, 0.2) is 30.3 Å². The Labute approximate surface area is 90.1 Å². The highest BCUT2D eigenvalue weighted by atomic mass is 16.5. The molecule has 0 saturated carbocycles. The second-order valence-electron chi connectivity index (χ2n) is 3.90. The van der Waals surface area contributed by atoms with Gasteiger partial charge in [0.15, 0.2) is 0 Å². The molecule has 0 radical (unpaired) electrons. The average molecular weight is 207 g/mol. The van der Waals surface area contributed by atoms with Crippen molar-refractivity contribution < 1.29 is 9.84 Å². The fourth-order valence-corrected chi connectivity index (χ4v) is 1.79. The molecule has 1 aliphatic heterocycles. The fourth-order valence-electron chi connectivity index (χ4n) is 1.79. The Kier molecular flexibility index (Phi) is 3.72. The quantitative estimate of drug-likeness (QED) is 0.774. The summed E-state index contributed by atoms with van der Waals surface area (Å²) < 4.78 is 5.69. The SMILES string of the molecule is O[C@H]1CNCC[C@H]1OCc1ccccc1. The van der Waals surface area contributed by atoms with Crippen LogP contribution in [0.4, 0.5) is 0 Å². The molecule has 1 aliphatic rings. The van der Waals surface area contributed by atoms with Crippen molar-refractivity contribution in [2.75, 3.05) is 13.1 Å². The van der Waals surface area contributed by atoms with Gasteiger partial charge in [-0.2, -0.15) is 0 Å². The third kappa shape index (κ3) is 3.02. The van der Waals surface area contributed by atoms with Crippen LogP contribution in [0.5, 0.6) is 0 Å². The molecule has 2 atom stereocenters. The van der Waals surface area contributed by atoms with Gasteiger partial charge in [-0.3, -0.25) is 0 Å². The maximum atomic E-state index is 9.66. The number of aliphatic hydroxyl groups is 1. The topological polar surface area (TPSA) is 41.5 Å². The van der Waals surface area contributed by atoms with Crippen LogP contribution >= 0.6 is 0 Å². The van der Waals surface area contributed by atoms with Crippen LogP contribution < -0.4 is 5.32 Å². The lowest BCUT2D eigenvalue weighted by atomic mass is 10.1. The van der Waals surface area contributed by atoms with Crippen LogP contribution in [0.2, 0.25) is 0 Å². The molecule has 3 heteroatoms. The minimum atomic E-state index is -0.373. The lowest BCUT2D eigenvalue weighted by molar-refractivity contribution is -0.0594. The zero-order chi connectivity index (χ0) is 10.5. The molecular formula is C12H17NO2. The molecule has 0 amide bonds. The third-order valence-electron chi connectivity index (χ3n) is 2.70. The molecule has 1 heterocycles. The number of hydrogen-bond donors (Lipinski definition) is 2. The number of aliphatic hydroxyl groups excluding tert-OH is 1. The van der Waals surface area contributed by atoms with Crippen molar-refractivity contribution in [3.63, 3.8) is 0 Å². The minimum absolute atomic E-state index is 0.0218. The molecule has 3 nitrogen and oxygen atoms in total. The van der Waals surface area contributed by atoms with E-state index < -0.39 is 0 Å². The molecule has 1 fully saturated rings. The Morgan fingerprint density at radius 3 is 2.87 bits per heavy atom. The zero-order valence-electron chi connectivity index (χ0n) is 8.73. The van der Waals surface area contributed by atoms with Crippen LogP contribution in [-0.4, -0.2) is 30.4 Å². The van der Waals surface area contributed by atoms with E-state index in [0.29, 0.717) is 13.2 Å². The van der Waals surface area contributed by atoms with Crippen LogP contribution in [0.25, 0.3) is 0 Å².